The molecule has 0 bridgehead atoms. The summed E-state index contributed by atoms with van der Waals surface area (Å²) in [5.74, 6) is 0.0451. The lowest BCUT2D eigenvalue weighted by molar-refractivity contribution is -0.121. The van der Waals surface area contributed by atoms with E-state index in [2.05, 4.69) is 10.2 Å². The number of thiophene rings is 1. The fourth-order valence-corrected chi connectivity index (χ4v) is 2.84. The monoisotopic (exact) mass is 284 g/mol. The Labute approximate surface area is 117 Å². The lowest BCUT2D eigenvalue weighted by Crippen LogP contribution is -2.30. The van der Waals surface area contributed by atoms with Gasteiger partial charge in [0.25, 0.3) is 0 Å². The van der Waals surface area contributed by atoms with Crippen molar-refractivity contribution in [3.05, 3.63) is 22.4 Å². The Bertz CT molecular complexity index is 397. The molecule has 2 N–H and O–H groups in total. The molecule has 1 amide bonds. The van der Waals surface area contributed by atoms with Crippen molar-refractivity contribution in [2.75, 3.05) is 26.7 Å². The second kappa shape index (κ2) is 7.00. The number of hydrogen-bond acceptors (Lipinski definition) is 5. The maximum atomic E-state index is 11.7. The molecule has 2 atom stereocenters. The van der Waals surface area contributed by atoms with E-state index < -0.39 is 6.10 Å². The van der Waals surface area contributed by atoms with Crippen molar-refractivity contribution in [3.63, 3.8) is 0 Å². The zero-order valence-corrected chi connectivity index (χ0v) is 11.9. The second-order valence-corrected chi connectivity index (χ2v) is 5.74. The highest BCUT2D eigenvalue weighted by atomic mass is 32.1. The first kappa shape index (κ1) is 14.5. The zero-order valence-electron chi connectivity index (χ0n) is 11.0. The summed E-state index contributed by atoms with van der Waals surface area (Å²) in [7, 11) is 1.60. The minimum atomic E-state index is -0.445. The molecule has 0 saturated carbocycles. The van der Waals surface area contributed by atoms with Gasteiger partial charge in [-0.3, -0.25) is 9.69 Å². The fourth-order valence-electron chi connectivity index (χ4n) is 2.19. The molecule has 0 spiro atoms. The fraction of sp³-hybridized carbons (Fsp3) is 0.615. The molecule has 2 rings (SSSR count). The molecule has 5 nitrogen and oxygen atoms in total. The SMILES string of the molecule is CO[C@H]1CN(CCC(=O)NCc2cccs2)C[C@@H]1O. The first-order valence-corrected chi connectivity index (χ1v) is 7.29. The van der Waals surface area contributed by atoms with Crippen LogP contribution in [0.15, 0.2) is 17.5 Å². The van der Waals surface area contributed by atoms with Crippen LogP contribution in [0.3, 0.4) is 0 Å². The molecule has 1 aliphatic heterocycles. The van der Waals surface area contributed by atoms with Crippen LogP contribution in [0, 0.1) is 0 Å². The molecule has 0 aromatic carbocycles. The van der Waals surface area contributed by atoms with E-state index in [1.807, 2.05) is 17.5 Å². The molecular weight excluding hydrogens is 264 g/mol. The molecule has 0 unspecified atom stereocenters. The molecule has 2 heterocycles. The van der Waals surface area contributed by atoms with Crippen LogP contribution in [0.25, 0.3) is 0 Å². The molecule has 6 heteroatoms. The maximum absolute atomic E-state index is 11.7. The van der Waals surface area contributed by atoms with Crippen LogP contribution in [0.4, 0.5) is 0 Å². The topological polar surface area (TPSA) is 61.8 Å². The van der Waals surface area contributed by atoms with Gasteiger partial charge in [-0.05, 0) is 11.4 Å². The summed E-state index contributed by atoms with van der Waals surface area (Å²) >= 11 is 1.64. The number of carbonyl (C=O) groups is 1. The number of aliphatic hydroxyl groups excluding tert-OH is 1. The number of nitrogens with one attached hydrogen (secondary N) is 1. The summed E-state index contributed by atoms with van der Waals surface area (Å²) in [6, 6.07) is 3.98. The Kier molecular flexibility index (Phi) is 5.33. The standard InChI is InChI=1S/C13H20N2O3S/c1-18-12-9-15(8-11(12)16)5-4-13(17)14-7-10-3-2-6-19-10/h2-3,6,11-12,16H,4-5,7-9H2,1H3,(H,14,17)/t11-,12-/m0/s1. The summed E-state index contributed by atoms with van der Waals surface area (Å²) < 4.78 is 5.17. The smallest absolute Gasteiger partial charge is 0.221 e. The number of rotatable bonds is 6. The quantitative estimate of drug-likeness (QED) is 0.796. The Morgan fingerprint density at radius 3 is 3.11 bits per heavy atom. The molecule has 106 valence electrons. The molecule has 1 fully saturated rings. The Hall–Kier alpha value is -0.950. The molecule has 0 aliphatic carbocycles. The third-order valence-corrected chi connectivity index (χ3v) is 4.19. The van der Waals surface area contributed by atoms with Crippen molar-refractivity contribution in [3.8, 4) is 0 Å². The lowest BCUT2D eigenvalue weighted by atomic mass is 10.3. The molecule has 1 aromatic heterocycles. The molecule has 19 heavy (non-hydrogen) atoms. The summed E-state index contributed by atoms with van der Waals surface area (Å²) in [4.78, 5) is 14.9. The number of aliphatic hydroxyl groups is 1. The van der Waals surface area contributed by atoms with Crippen LogP contribution in [0.1, 0.15) is 11.3 Å². The number of nitrogens with zero attached hydrogens (tertiary/aromatic N) is 1. The minimum Gasteiger partial charge on any atom is -0.389 e. The largest absolute Gasteiger partial charge is 0.389 e. The number of ether oxygens (including phenoxy) is 1. The number of hydrogen-bond donors (Lipinski definition) is 2. The number of likely N-dealkylation sites (tertiary alicyclic amines) is 1. The highest BCUT2D eigenvalue weighted by molar-refractivity contribution is 7.09. The highest BCUT2D eigenvalue weighted by Crippen LogP contribution is 2.13. The van der Waals surface area contributed by atoms with Crippen LogP contribution < -0.4 is 5.32 Å². The van der Waals surface area contributed by atoms with Gasteiger partial charge < -0.3 is 15.2 Å². The van der Waals surface area contributed by atoms with E-state index in [1.165, 1.54) is 0 Å². The Morgan fingerprint density at radius 2 is 2.47 bits per heavy atom. The van der Waals surface area contributed by atoms with Gasteiger partial charge in [-0.15, -0.1) is 11.3 Å². The van der Waals surface area contributed by atoms with Crippen molar-refractivity contribution >= 4 is 17.2 Å². The first-order chi connectivity index (χ1) is 9.19. The van der Waals surface area contributed by atoms with Gasteiger partial charge in [-0.25, -0.2) is 0 Å². The predicted octanol–water partition coefficient (Wildman–Crippen LogP) is 0.446. The van der Waals surface area contributed by atoms with Crippen molar-refractivity contribution in [1.82, 2.24) is 10.2 Å². The predicted molar refractivity (Wildman–Crippen MR) is 74.0 cm³/mol. The highest BCUT2D eigenvalue weighted by Gasteiger charge is 2.30. The van der Waals surface area contributed by atoms with Gasteiger partial charge in [-0.1, -0.05) is 6.07 Å². The van der Waals surface area contributed by atoms with E-state index in [0.717, 1.165) is 4.88 Å². The van der Waals surface area contributed by atoms with Gasteiger partial charge in [0, 0.05) is 38.0 Å². The van der Waals surface area contributed by atoms with Crippen molar-refractivity contribution in [2.24, 2.45) is 0 Å². The third kappa shape index (κ3) is 4.28. The molecular formula is C13H20N2O3S. The Morgan fingerprint density at radius 1 is 1.63 bits per heavy atom. The minimum absolute atomic E-state index is 0.0451. The number of methoxy groups -OCH3 is 1. The van der Waals surface area contributed by atoms with Gasteiger partial charge in [0.15, 0.2) is 0 Å². The number of amides is 1. The first-order valence-electron chi connectivity index (χ1n) is 6.41. The van der Waals surface area contributed by atoms with Crippen LogP contribution >= 0.6 is 11.3 Å². The summed E-state index contributed by atoms with van der Waals surface area (Å²) in [5.41, 5.74) is 0. The van der Waals surface area contributed by atoms with E-state index in [4.69, 9.17) is 4.74 Å². The van der Waals surface area contributed by atoms with Gasteiger partial charge in [0.1, 0.15) is 0 Å². The molecule has 1 saturated heterocycles. The van der Waals surface area contributed by atoms with Crippen LogP contribution in [-0.4, -0.2) is 54.9 Å². The summed E-state index contributed by atoms with van der Waals surface area (Å²) in [6.07, 6.45) is -0.123. The number of β-amino-alcohol motifs (C(OH)–C–C–N with tert-alkyl or cyclic N) is 1. The van der Waals surface area contributed by atoms with E-state index in [1.54, 1.807) is 18.4 Å². The summed E-state index contributed by atoms with van der Waals surface area (Å²) in [6.45, 7) is 2.53. The maximum Gasteiger partial charge on any atom is 0.221 e. The molecule has 1 aliphatic rings. The van der Waals surface area contributed by atoms with Gasteiger partial charge in [-0.2, -0.15) is 0 Å². The van der Waals surface area contributed by atoms with E-state index in [0.29, 0.717) is 32.6 Å². The van der Waals surface area contributed by atoms with Crippen molar-refractivity contribution in [2.45, 2.75) is 25.2 Å². The average molecular weight is 284 g/mol. The van der Waals surface area contributed by atoms with Gasteiger partial charge >= 0.3 is 0 Å². The lowest BCUT2D eigenvalue weighted by Gasteiger charge is -2.14. The second-order valence-electron chi connectivity index (χ2n) is 4.71. The zero-order chi connectivity index (χ0) is 13.7. The van der Waals surface area contributed by atoms with E-state index in [9.17, 15) is 9.90 Å². The van der Waals surface area contributed by atoms with E-state index in [-0.39, 0.29) is 12.0 Å². The van der Waals surface area contributed by atoms with Gasteiger partial charge in [0.2, 0.25) is 5.91 Å². The van der Waals surface area contributed by atoms with Crippen LogP contribution in [0.2, 0.25) is 0 Å². The normalized spacial score (nSPS) is 23.7. The van der Waals surface area contributed by atoms with Crippen molar-refractivity contribution < 1.29 is 14.6 Å². The Balaban J connectivity index is 1.64. The van der Waals surface area contributed by atoms with Gasteiger partial charge in [0.05, 0.1) is 18.8 Å². The van der Waals surface area contributed by atoms with E-state index >= 15 is 0 Å². The van der Waals surface area contributed by atoms with Crippen LogP contribution in [0.5, 0.6) is 0 Å². The summed E-state index contributed by atoms with van der Waals surface area (Å²) in [5, 5.41) is 14.6. The number of carbonyl (C=O) groups excluding carboxylic acids is 1. The van der Waals surface area contributed by atoms with Crippen LogP contribution in [-0.2, 0) is 16.1 Å². The molecule has 1 aromatic rings. The third-order valence-electron chi connectivity index (χ3n) is 3.31. The molecule has 0 radical (unpaired) electrons. The average Bonchev–Trinajstić information content (AvgIpc) is 3.03. The van der Waals surface area contributed by atoms with Crippen molar-refractivity contribution in [1.29, 1.82) is 0 Å².